The maximum Gasteiger partial charge on any atom is 0.277 e. The van der Waals surface area contributed by atoms with E-state index >= 15 is 0 Å². The summed E-state index contributed by atoms with van der Waals surface area (Å²) in [6.07, 6.45) is 1.56. The number of rotatable bonds is 4. The second-order valence-electron chi connectivity index (χ2n) is 3.03. The van der Waals surface area contributed by atoms with Gasteiger partial charge in [-0.1, -0.05) is 12.1 Å². The van der Waals surface area contributed by atoms with Crippen molar-refractivity contribution in [1.82, 2.24) is 15.1 Å². The highest BCUT2D eigenvalue weighted by atomic mass is 32.1. The van der Waals surface area contributed by atoms with E-state index in [1.54, 1.807) is 11.3 Å². The summed E-state index contributed by atoms with van der Waals surface area (Å²) in [5, 5.41) is 6.74. The van der Waals surface area contributed by atoms with Crippen molar-refractivity contribution < 1.29 is 4.52 Å². The average Bonchev–Trinajstić information content (AvgIpc) is 2.85. The van der Waals surface area contributed by atoms with Crippen molar-refractivity contribution >= 4 is 11.3 Å². The molecule has 0 saturated carbocycles. The van der Waals surface area contributed by atoms with Crippen LogP contribution in [0.2, 0.25) is 0 Å². The van der Waals surface area contributed by atoms with Crippen molar-refractivity contribution in [2.45, 2.75) is 19.8 Å². The van der Waals surface area contributed by atoms with Crippen LogP contribution in [-0.4, -0.2) is 21.7 Å². The summed E-state index contributed by atoms with van der Waals surface area (Å²) in [6, 6.07) is 0. The zero-order valence-electron chi connectivity index (χ0n) is 8.43. The maximum absolute atomic E-state index is 5.45. The van der Waals surface area contributed by atoms with Gasteiger partial charge < -0.3 is 10.3 Å². The van der Waals surface area contributed by atoms with Gasteiger partial charge in [0.15, 0.2) is 5.82 Å². The molecule has 2 aromatic rings. The van der Waals surface area contributed by atoms with Gasteiger partial charge in [-0.25, -0.2) is 4.98 Å². The third-order valence-electron chi connectivity index (χ3n) is 1.91. The summed E-state index contributed by atoms with van der Waals surface area (Å²) in [6.45, 7) is 2.59. The lowest BCUT2D eigenvalue weighted by molar-refractivity contribution is 0.422. The zero-order chi connectivity index (χ0) is 10.7. The Labute approximate surface area is 91.3 Å². The minimum absolute atomic E-state index is 0.492. The van der Waals surface area contributed by atoms with Gasteiger partial charge in [-0.2, -0.15) is 4.98 Å². The molecular formula is C9H12N4OS. The predicted octanol–water partition coefficient (Wildman–Crippen LogP) is 1.26. The highest BCUT2D eigenvalue weighted by Crippen LogP contribution is 2.20. The van der Waals surface area contributed by atoms with Crippen LogP contribution in [0.3, 0.4) is 0 Å². The number of hydrogen-bond donors (Lipinski definition) is 1. The van der Waals surface area contributed by atoms with E-state index < -0.39 is 0 Å². The fourth-order valence-electron chi connectivity index (χ4n) is 1.15. The van der Waals surface area contributed by atoms with E-state index in [1.165, 1.54) is 0 Å². The van der Waals surface area contributed by atoms with Gasteiger partial charge in [-0.15, -0.1) is 11.3 Å². The Kier molecular flexibility index (Phi) is 3.08. The summed E-state index contributed by atoms with van der Waals surface area (Å²) in [7, 11) is 0. The number of thiazole rings is 1. The lowest BCUT2D eigenvalue weighted by Crippen LogP contribution is -2.01. The number of nitrogens with two attached hydrogens (primary N) is 1. The van der Waals surface area contributed by atoms with Crippen LogP contribution in [0.25, 0.3) is 11.6 Å². The second-order valence-corrected chi connectivity index (χ2v) is 3.98. The molecule has 2 aromatic heterocycles. The fourth-order valence-corrected chi connectivity index (χ4v) is 1.94. The van der Waals surface area contributed by atoms with Crippen molar-refractivity contribution in [3.63, 3.8) is 0 Å². The van der Waals surface area contributed by atoms with Crippen LogP contribution in [0.4, 0.5) is 0 Å². The summed E-state index contributed by atoms with van der Waals surface area (Å²) in [5.41, 5.74) is 6.20. The van der Waals surface area contributed by atoms with Crippen molar-refractivity contribution in [2.75, 3.05) is 6.54 Å². The second kappa shape index (κ2) is 4.50. The van der Waals surface area contributed by atoms with Crippen molar-refractivity contribution in [3.8, 4) is 11.6 Å². The molecule has 0 unspecified atom stereocenters. The lowest BCUT2D eigenvalue weighted by Gasteiger charge is -1.87. The van der Waals surface area contributed by atoms with Gasteiger partial charge >= 0.3 is 0 Å². The molecule has 0 saturated heterocycles. The molecule has 0 amide bonds. The molecule has 0 atom stereocenters. The standard InChI is InChI=1S/C9H12N4OS/c1-2-7-12-9(14-13-7)6-5-15-8(11-6)3-4-10/h5H,2-4,10H2,1H3. The van der Waals surface area contributed by atoms with E-state index in [-0.39, 0.29) is 0 Å². The molecule has 80 valence electrons. The van der Waals surface area contributed by atoms with Gasteiger partial charge in [0, 0.05) is 18.2 Å². The van der Waals surface area contributed by atoms with Crippen LogP contribution in [0.1, 0.15) is 17.8 Å². The fraction of sp³-hybridized carbons (Fsp3) is 0.444. The quantitative estimate of drug-likeness (QED) is 0.845. The first kappa shape index (κ1) is 10.3. The molecule has 2 N–H and O–H groups in total. The Morgan fingerprint density at radius 3 is 3.00 bits per heavy atom. The van der Waals surface area contributed by atoms with Gasteiger partial charge in [0.05, 0.1) is 5.01 Å². The lowest BCUT2D eigenvalue weighted by atomic mass is 10.4. The molecule has 0 aliphatic rings. The Hall–Kier alpha value is -1.27. The smallest absolute Gasteiger partial charge is 0.277 e. The van der Waals surface area contributed by atoms with E-state index in [9.17, 15) is 0 Å². The van der Waals surface area contributed by atoms with Crippen molar-refractivity contribution in [3.05, 3.63) is 16.2 Å². The van der Waals surface area contributed by atoms with Crippen LogP contribution in [0.15, 0.2) is 9.90 Å². The third kappa shape index (κ3) is 2.21. The molecule has 0 bridgehead atoms. The zero-order valence-corrected chi connectivity index (χ0v) is 9.25. The third-order valence-corrected chi connectivity index (χ3v) is 2.82. The average molecular weight is 224 g/mol. The SMILES string of the molecule is CCc1noc(-c2csc(CCN)n2)n1. The van der Waals surface area contributed by atoms with Crippen molar-refractivity contribution in [1.29, 1.82) is 0 Å². The summed E-state index contributed by atoms with van der Waals surface area (Å²) < 4.78 is 5.08. The summed E-state index contributed by atoms with van der Waals surface area (Å²) >= 11 is 1.57. The van der Waals surface area contributed by atoms with Crippen molar-refractivity contribution in [2.24, 2.45) is 5.73 Å². The predicted molar refractivity (Wildman–Crippen MR) is 57.5 cm³/mol. The maximum atomic E-state index is 5.45. The molecule has 0 aromatic carbocycles. The van der Waals surface area contributed by atoms with E-state index in [4.69, 9.17) is 10.3 Å². The molecule has 6 heteroatoms. The molecule has 0 aliphatic heterocycles. The highest BCUT2D eigenvalue weighted by Gasteiger charge is 2.11. The molecule has 15 heavy (non-hydrogen) atoms. The molecule has 2 rings (SSSR count). The number of aryl methyl sites for hydroxylation is 1. The van der Waals surface area contributed by atoms with Gasteiger partial charge in [-0.3, -0.25) is 0 Å². The van der Waals surface area contributed by atoms with Crippen LogP contribution < -0.4 is 5.73 Å². The topological polar surface area (TPSA) is 77.8 Å². The van der Waals surface area contributed by atoms with Crippen LogP contribution in [0.5, 0.6) is 0 Å². The van der Waals surface area contributed by atoms with E-state index in [0.717, 1.165) is 23.5 Å². The van der Waals surface area contributed by atoms with Crippen LogP contribution in [0, 0.1) is 0 Å². The van der Waals surface area contributed by atoms with Gasteiger partial charge in [0.1, 0.15) is 5.69 Å². The first-order chi connectivity index (χ1) is 7.33. The Morgan fingerprint density at radius 1 is 1.47 bits per heavy atom. The first-order valence-corrected chi connectivity index (χ1v) is 5.69. The number of aromatic nitrogens is 3. The summed E-state index contributed by atoms with van der Waals surface area (Å²) in [5.74, 6) is 1.20. The normalized spacial score (nSPS) is 10.8. The Bertz CT molecular complexity index is 437. The number of nitrogens with zero attached hydrogens (tertiary/aromatic N) is 3. The van der Waals surface area contributed by atoms with E-state index in [2.05, 4.69) is 15.1 Å². The van der Waals surface area contributed by atoms with E-state index in [0.29, 0.717) is 18.3 Å². The first-order valence-electron chi connectivity index (χ1n) is 4.81. The minimum atomic E-state index is 0.492. The summed E-state index contributed by atoms with van der Waals surface area (Å²) in [4.78, 5) is 8.57. The monoisotopic (exact) mass is 224 g/mol. The Morgan fingerprint density at radius 2 is 2.33 bits per heavy atom. The van der Waals surface area contributed by atoms with Crippen LogP contribution >= 0.6 is 11.3 Å². The molecule has 0 radical (unpaired) electrons. The number of hydrogen-bond acceptors (Lipinski definition) is 6. The van der Waals surface area contributed by atoms with Crippen LogP contribution in [-0.2, 0) is 12.8 Å². The molecule has 0 spiro atoms. The molecule has 0 fully saturated rings. The highest BCUT2D eigenvalue weighted by molar-refractivity contribution is 7.09. The van der Waals surface area contributed by atoms with E-state index in [1.807, 2.05) is 12.3 Å². The van der Waals surface area contributed by atoms with Gasteiger partial charge in [0.25, 0.3) is 5.89 Å². The molecule has 0 aliphatic carbocycles. The van der Waals surface area contributed by atoms with Gasteiger partial charge in [0.2, 0.25) is 0 Å². The molecule has 2 heterocycles. The minimum Gasteiger partial charge on any atom is -0.332 e. The largest absolute Gasteiger partial charge is 0.332 e. The Balaban J connectivity index is 2.21. The van der Waals surface area contributed by atoms with Gasteiger partial charge in [-0.05, 0) is 6.54 Å². The molecule has 5 nitrogen and oxygen atoms in total. The molecular weight excluding hydrogens is 212 g/mol.